The Kier molecular flexibility index (Phi) is 6.46. The summed E-state index contributed by atoms with van der Waals surface area (Å²) in [6.45, 7) is 1.82. The molecule has 0 aliphatic heterocycles. The average Bonchev–Trinajstić information content (AvgIpc) is 2.69. The van der Waals surface area contributed by atoms with Crippen molar-refractivity contribution in [2.45, 2.75) is 13.0 Å². The average molecular weight is 415 g/mol. The number of benzene rings is 3. The maximum Gasteiger partial charge on any atom is 0.282 e. The third-order valence-corrected chi connectivity index (χ3v) is 5.14. The van der Waals surface area contributed by atoms with Crippen LogP contribution in [0.1, 0.15) is 6.92 Å². The first-order chi connectivity index (χ1) is 13.8. The number of fused-ring (bicyclic) bond motifs is 1. The van der Waals surface area contributed by atoms with Gasteiger partial charge < -0.3 is 15.5 Å². The topological polar surface area (TPSA) is 62.6 Å². The molecular weight excluding hydrogens is 393 g/mol. The minimum atomic E-state index is -0.519. The van der Waals surface area contributed by atoms with Crippen LogP contribution in [0.4, 0.5) is 15.8 Å². The number of amides is 2. The number of quaternary nitrogens is 1. The van der Waals surface area contributed by atoms with Gasteiger partial charge in [0.05, 0.1) is 17.8 Å². The number of hydrogen-bond donors (Lipinski definition) is 3. The van der Waals surface area contributed by atoms with E-state index >= 15 is 0 Å². The van der Waals surface area contributed by atoms with Crippen LogP contribution in [0.15, 0.2) is 60.7 Å². The summed E-state index contributed by atoms with van der Waals surface area (Å²) >= 11 is 5.95. The van der Waals surface area contributed by atoms with Gasteiger partial charge in [-0.15, -0.1) is 0 Å². The van der Waals surface area contributed by atoms with E-state index in [4.69, 9.17) is 11.6 Å². The van der Waals surface area contributed by atoms with Gasteiger partial charge in [0.25, 0.3) is 11.8 Å². The van der Waals surface area contributed by atoms with Gasteiger partial charge in [0.2, 0.25) is 0 Å². The van der Waals surface area contributed by atoms with Crippen molar-refractivity contribution < 1.29 is 18.9 Å². The zero-order chi connectivity index (χ0) is 21.0. The number of anilines is 2. The normalized spacial score (nSPS) is 13.0. The maximum absolute atomic E-state index is 13.1. The van der Waals surface area contributed by atoms with Crippen LogP contribution in [0.3, 0.4) is 0 Å². The molecule has 3 aromatic rings. The minimum absolute atomic E-state index is 0.106. The van der Waals surface area contributed by atoms with Gasteiger partial charge in [-0.1, -0.05) is 48.0 Å². The summed E-state index contributed by atoms with van der Waals surface area (Å²) < 4.78 is 13.1. The maximum atomic E-state index is 13.1. The van der Waals surface area contributed by atoms with E-state index in [1.807, 2.05) is 42.5 Å². The number of rotatable bonds is 6. The Morgan fingerprint density at radius 1 is 1.03 bits per heavy atom. The highest BCUT2D eigenvalue weighted by Gasteiger charge is 2.24. The standard InChI is InChI=1S/C22H21ClFN3O2/c1-14(22(29)26-20-11-10-16(24)12-18(20)23)27(2)13-21(28)25-19-9-5-7-15-6-3-4-8-17(15)19/h3-12,14H,13H2,1-2H3,(H,25,28)(H,26,29)/p+1/t14-/m1/s1. The highest BCUT2D eigenvalue weighted by molar-refractivity contribution is 6.33. The van der Waals surface area contributed by atoms with E-state index in [-0.39, 0.29) is 23.4 Å². The summed E-state index contributed by atoms with van der Waals surface area (Å²) in [5.41, 5.74) is 1.06. The van der Waals surface area contributed by atoms with Gasteiger partial charge in [0.1, 0.15) is 5.82 Å². The van der Waals surface area contributed by atoms with Crippen molar-refractivity contribution in [1.82, 2.24) is 0 Å². The first-order valence-electron chi connectivity index (χ1n) is 9.21. The Labute approximate surface area is 173 Å². The fraction of sp³-hybridized carbons (Fsp3) is 0.182. The van der Waals surface area contributed by atoms with E-state index in [1.165, 1.54) is 12.1 Å². The van der Waals surface area contributed by atoms with Gasteiger partial charge in [-0.3, -0.25) is 9.59 Å². The molecule has 0 spiro atoms. The molecular formula is C22H22ClFN3O2+. The van der Waals surface area contributed by atoms with Gasteiger partial charge >= 0.3 is 0 Å². The molecule has 2 atom stereocenters. The second-order valence-corrected chi connectivity index (χ2v) is 7.34. The molecule has 0 bridgehead atoms. The summed E-state index contributed by atoms with van der Waals surface area (Å²) in [4.78, 5) is 25.7. The summed E-state index contributed by atoms with van der Waals surface area (Å²) in [5.74, 6) is -0.985. The second kappa shape index (κ2) is 9.03. The molecule has 0 heterocycles. The molecule has 29 heavy (non-hydrogen) atoms. The molecule has 3 N–H and O–H groups in total. The van der Waals surface area contributed by atoms with Crippen LogP contribution < -0.4 is 15.5 Å². The van der Waals surface area contributed by atoms with Crippen molar-refractivity contribution in [3.63, 3.8) is 0 Å². The molecule has 0 aromatic heterocycles. The lowest BCUT2D eigenvalue weighted by atomic mass is 10.1. The molecule has 7 heteroatoms. The molecule has 0 aliphatic rings. The lowest BCUT2D eigenvalue weighted by molar-refractivity contribution is -0.885. The van der Waals surface area contributed by atoms with Crippen LogP contribution in [0.5, 0.6) is 0 Å². The highest BCUT2D eigenvalue weighted by Crippen LogP contribution is 2.23. The van der Waals surface area contributed by atoms with E-state index < -0.39 is 11.9 Å². The van der Waals surface area contributed by atoms with E-state index in [0.29, 0.717) is 10.6 Å². The van der Waals surface area contributed by atoms with E-state index in [1.54, 1.807) is 14.0 Å². The molecule has 0 radical (unpaired) electrons. The number of halogens is 2. The van der Waals surface area contributed by atoms with Crippen LogP contribution in [-0.4, -0.2) is 31.4 Å². The van der Waals surface area contributed by atoms with Crippen LogP contribution in [-0.2, 0) is 9.59 Å². The molecule has 5 nitrogen and oxygen atoms in total. The first kappa shape index (κ1) is 20.8. The molecule has 2 amide bonds. The SMILES string of the molecule is C[C@H](C(=O)Nc1ccc(F)cc1Cl)[NH+](C)CC(=O)Nc1cccc2ccccc12. The Balaban J connectivity index is 1.61. The van der Waals surface area contributed by atoms with Crippen molar-refractivity contribution >= 4 is 45.6 Å². The fourth-order valence-electron chi connectivity index (χ4n) is 2.99. The number of carbonyl (C=O) groups is 2. The van der Waals surface area contributed by atoms with Gasteiger partial charge in [-0.05, 0) is 36.6 Å². The van der Waals surface area contributed by atoms with Gasteiger partial charge in [0.15, 0.2) is 12.6 Å². The molecule has 3 aromatic carbocycles. The van der Waals surface area contributed by atoms with Gasteiger partial charge in [-0.2, -0.15) is 0 Å². The van der Waals surface area contributed by atoms with Crippen LogP contribution in [0.2, 0.25) is 5.02 Å². The van der Waals surface area contributed by atoms with E-state index in [9.17, 15) is 14.0 Å². The largest absolute Gasteiger partial charge is 0.321 e. The van der Waals surface area contributed by atoms with E-state index in [2.05, 4.69) is 10.6 Å². The highest BCUT2D eigenvalue weighted by atomic mass is 35.5. The van der Waals surface area contributed by atoms with E-state index in [0.717, 1.165) is 22.5 Å². The van der Waals surface area contributed by atoms with Crippen molar-refractivity contribution in [2.75, 3.05) is 24.2 Å². The van der Waals surface area contributed by atoms with Crippen molar-refractivity contribution in [3.8, 4) is 0 Å². The smallest absolute Gasteiger partial charge is 0.282 e. The van der Waals surface area contributed by atoms with Crippen LogP contribution >= 0.6 is 11.6 Å². The van der Waals surface area contributed by atoms with Crippen molar-refractivity contribution in [2.24, 2.45) is 0 Å². The summed E-state index contributed by atoms with van der Waals surface area (Å²) in [5, 5.41) is 7.71. The molecule has 0 fully saturated rings. The molecule has 0 saturated carbocycles. The predicted octanol–water partition coefficient (Wildman–Crippen LogP) is 3.11. The predicted molar refractivity (Wildman–Crippen MR) is 114 cm³/mol. The lowest BCUT2D eigenvalue weighted by Gasteiger charge is -2.21. The first-order valence-corrected chi connectivity index (χ1v) is 9.59. The third-order valence-electron chi connectivity index (χ3n) is 4.82. The summed E-state index contributed by atoms with van der Waals surface area (Å²) in [7, 11) is 1.76. The zero-order valence-corrected chi connectivity index (χ0v) is 16.9. The van der Waals surface area contributed by atoms with Crippen molar-refractivity contribution in [1.29, 1.82) is 0 Å². The quantitative estimate of drug-likeness (QED) is 0.580. The Hall–Kier alpha value is -2.96. The number of nitrogens with one attached hydrogen (secondary N) is 3. The fourth-order valence-corrected chi connectivity index (χ4v) is 3.21. The Morgan fingerprint density at radius 3 is 2.52 bits per heavy atom. The van der Waals surface area contributed by atoms with Crippen molar-refractivity contribution in [3.05, 3.63) is 71.5 Å². The Bertz CT molecular complexity index is 1050. The molecule has 3 rings (SSSR count). The molecule has 0 aliphatic carbocycles. The number of hydrogen-bond acceptors (Lipinski definition) is 2. The van der Waals surface area contributed by atoms with Crippen LogP contribution in [0.25, 0.3) is 10.8 Å². The second-order valence-electron chi connectivity index (χ2n) is 6.93. The Morgan fingerprint density at radius 2 is 1.76 bits per heavy atom. The molecule has 0 saturated heterocycles. The summed E-state index contributed by atoms with van der Waals surface area (Å²) in [6, 6.07) is 16.8. The van der Waals surface area contributed by atoms with Crippen LogP contribution in [0, 0.1) is 5.82 Å². The minimum Gasteiger partial charge on any atom is -0.321 e. The van der Waals surface area contributed by atoms with Gasteiger partial charge in [-0.25, -0.2) is 4.39 Å². The zero-order valence-electron chi connectivity index (χ0n) is 16.1. The monoisotopic (exact) mass is 414 g/mol. The van der Waals surface area contributed by atoms with Gasteiger partial charge in [0, 0.05) is 11.1 Å². The number of carbonyl (C=O) groups excluding carboxylic acids is 2. The molecule has 150 valence electrons. The number of likely N-dealkylation sites (N-methyl/N-ethyl adjacent to an activating group) is 1. The summed E-state index contributed by atoms with van der Waals surface area (Å²) in [6.07, 6.45) is 0. The third kappa shape index (κ3) is 5.10. The molecule has 1 unspecified atom stereocenters. The lowest BCUT2D eigenvalue weighted by Crippen LogP contribution is -3.14.